The summed E-state index contributed by atoms with van der Waals surface area (Å²) in [6.07, 6.45) is 0. The van der Waals surface area contributed by atoms with Crippen LogP contribution in [0.2, 0.25) is 0 Å². The summed E-state index contributed by atoms with van der Waals surface area (Å²) in [4.78, 5) is 19.8. The molecule has 1 rings (SSSR count). The number of rotatable bonds is 3. The molecule has 0 aromatic heterocycles. The Hall–Kier alpha value is -2.22. The molecule has 2 N–H and O–H groups in total. The van der Waals surface area contributed by atoms with Crippen LogP contribution >= 0.6 is 0 Å². The van der Waals surface area contributed by atoms with Gasteiger partial charge in [0.2, 0.25) is 0 Å². The topological polar surface area (TPSA) is 116 Å². The summed E-state index contributed by atoms with van der Waals surface area (Å²) in [5, 5.41) is 19.9. The largest absolute Gasteiger partial charge is 0.269 e. The standard InChI is InChI=1S/C6H6N4O4/c7-8(10(13)14)5-1-3-6(4-2-5)9(11)12/h1-4H,7H2. The van der Waals surface area contributed by atoms with Gasteiger partial charge in [0.25, 0.3) is 5.69 Å². The van der Waals surface area contributed by atoms with Gasteiger partial charge in [-0.2, -0.15) is 5.84 Å². The molecule has 14 heavy (non-hydrogen) atoms. The van der Waals surface area contributed by atoms with Gasteiger partial charge in [-0.3, -0.25) is 10.1 Å². The van der Waals surface area contributed by atoms with Crippen LogP contribution in [-0.4, -0.2) is 9.96 Å². The first-order valence-corrected chi connectivity index (χ1v) is 3.46. The minimum Gasteiger partial charge on any atom is -0.258 e. The molecule has 0 saturated carbocycles. The third kappa shape index (κ3) is 1.93. The SMILES string of the molecule is NN(c1ccc([N+](=O)[O-])cc1)[N+](=O)[O-]. The van der Waals surface area contributed by atoms with E-state index in [-0.39, 0.29) is 16.5 Å². The van der Waals surface area contributed by atoms with Crippen molar-refractivity contribution in [3.63, 3.8) is 0 Å². The van der Waals surface area contributed by atoms with E-state index in [1.165, 1.54) is 12.1 Å². The highest BCUT2D eigenvalue weighted by Gasteiger charge is 2.13. The number of nitro groups is 2. The van der Waals surface area contributed by atoms with Gasteiger partial charge in [-0.1, -0.05) is 0 Å². The van der Waals surface area contributed by atoms with Gasteiger partial charge in [0.15, 0.2) is 5.03 Å². The highest BCUT2D eigenvalue weighted by Crippen LogP contribution is 2.16. The molecule has 0 aliphatic heterocycles. The smallest absolute Gasteiger partial charge is 0.258 e. The molecule has 1 aromatic carbocycles. The van der Waals surface area contributed by atoms with E-state index >= 15 is 0 Å². The quantitative estimate of drug-likeness (QED) is 0.428. The van der Waals surface area contributed by atoms with Crippen LogP contribution in [-0.2, 0) is 0 Å². The van der Waals surface area contributed by atoms with E-state index in [0.29, 0.717) is 0 Å². The van der Waals surface area contributed by atoms with Gasteiger partial charge in [-0.05, 0) is 17.3 Å². The van der Waals surface area contributed by atoms with Gasteiger partial charge in [-0.25, -0.2) is 10.1 Å². The number of benzene rings is 1. The zero-order valence-corrected chi connectivity index (χ0v) is 6.86. The Morgan fingerprint density at radius 3 is 2.00 bits per heavy atom. The van der Waals surface area contributed by atoms with Crippen molar-refractivity contribution in [1.82, 2.24) is 0 Å². The first-order valence-electron chi connectivity index (χ1n) is 3.46. The van der Waals surface area contributed by atoms with Gasteiger partial charge in [0.05, 0.1) is 4.92 Å². The number of nitro benzene ring substituents is 1. The summed E-state index contributed by atoms with van der Waals surface area (Å²) in [6, 6.07) is 4.67. The molecule has 0 unspecified atom stereocenters. The lowest BCUT2D eigenvalue weighted by Crippen LogP contribution is -2.36. The van der Waals surface area contributed by atoms with E-state index in [2.05, 4.69) is 0 Å². The van der Waals surface area contributed by atoms with Gasteiger partial charge >= 0.3 is 0 Å². The van der Waals surface area contributed by atoms with Crippen molar-refractivity contribution >= 4 is 11.4 Å². The number of nitrogens with zero attached hydrogens (tertiary/aromatic N) is 3. The van der Waals surface area contributed by atoms with Crippen LogP contribution < -0.4 is 11.0 Å². The Bertz CT molecular complexity index is 363. The van der Waals surface area contributed by atoms with Crippen LogP contribution in [0.1, 0.15) is 0 Å². The van der Waals surface area contributed by atoms with Gasteiger partial charge < -0.3 is 0 Å². The Labute approximate surface area is 77.8 Å². The summed E-state index contributed by atoms with van der Waals surface area (Å²) in [6.45, 7) is 0. The number of nitrogens with two attached hydrogens (primary N) is 1. The lowest BCUT2D eigenvalue weighted by Gasteiger charge is -2.05. The van der Waals surface area contributed by atoms with E-state index < -0.39 is 9.96 Å². The van der Waals surface area contributed by atoms with Crippen LogP contribution in [0.15, 0.2) is 24.3 Å². The minimum atomic E-state index is -0.832. The molecular formula is C6H6N4O4. The fraction of sp³-hybridized carbons (Fsp3) is 0. The Kier molecular flexibility index (Phi) is 2.58. The van der Waals surface area contributed by atoms with Crippen molar-refractivity contribution in [2.24, 2.45) is 5.84 Å². The molecule has 0 atom stereocenters. The minimum absolute atomic E-state index is 0.0700. The lowest BCUT2D eigenvalue weighted by atomic mass is 10.3. The van der Waals surface area contributed by atoms with E-state index in [0.717, 1.165) is 12.1 Å². The molecular weight excluding hydrogens is 192 g/mol. The number of hydrogen-bond donors (Lipinski definition) is 1. The van der Waals surface area contributed by atoms with Crippen molar-refractivity contribution in [2.45, 2.75) is 0 Å². The third-order valence-corrected chi connectivity index (χ3v) is 1.50. The molecule has 0 spiro atoms. The summed E-state index contributed by atoms with van der Waals surface area (Å²) in [7, 11) is 0. The van der Waals surface area contributed by atoms with Crippen LogP contribution in [0.25, 0.3) is 0 Å². The number of non-ortho nitro benzene ring substituents is 1. The molecule has 0 radical (unpaired) electrons. The normalized spacial score (nSPS) is 9.50. The van der Waals surface area contributed by atoms with Crippen LogP contribution in [0.4, 0.5) is 11.4 Å². The highest BCUT2D eigenvalue weighted by molar-refractivity contribution is 5.47. The monoisotopic (exact) mass is 198 g/mol. The van der Waals surface area contributed by atoms with Crippen molar-refractivity contribution in [3.8, 4) is 0 Å². The molecule has 0 saturated heterocycles. The predicted molar refractivity (Wildman–Crippen MR) is 46.8 cm³/mol. The summed E-state index contributed by atoms with van der Waals surface area (Å²) in [5.74, 6) is 5.03. The average Bonchev–Trinajstić information content (AvgIpc) is 2.16. The molecule has 0 heterocycles. The maximum absolute atomic E-state index is 10.2. The van der Waals surface area contributed by atoms with Gasteiger partial charge in [0, 0.05) is 12.1 Å². The Balaban J connectivity index is 2.94. The second kappa shape index (κ2) is 3.66. The van der Waals surface area contributed by atoms with Crippen LogP contribution in [0, 0.1) is 20.2 Å². The zero-order valence-electron chi connectivity index (χ0n) is 6.86. The lowest BCUT2D eigenvalue weighted by molar-refractivity contribution is -0.496. The molecule has 8 nitrogen and oxygen atoms in total. The maximum Gasteiger partial charge on any atom is 0.269 e. The van der Waals surface area contributed by atoms with Gasteiger partial charge in [-0.15, -0.1) is 0 Å². The van der Waals surface area contributed by atoms with Crippen LogP contribution in [0.5, 0.6) is 0 Å². The van der Waals surface area contributed by atoms with E-state index in [1.807, 2.05) is 0 Å². The van der Waals surface area contributed by atoms with E-state index in [9.17, 15) is 20.2 Å². The molecule has 74 valence electrons. The molecule has 1 aromatic rings. The van der Waals surface area contributed by atoms with Crippen molar-refractivity contribution in [3.05, 3.63) is 44.5 Å². The number of hydrazine groups is 2. The Morgan fingerprint density at radius 2 is 1.64 bits per heavy atom. The second-order valence-electron chi connectivity index (χ2n) is 2.36. The fourth-order valence-electron chi connectivity index (χ4n) is 0.821. The second-order valence-corrected chi connectivity index (χ2v) is 2.36. The van der Waals surface area contributed by atoms with E-state index in [1.54, 1.807) is 0 Å². The first-order chi connectivity index (χ1) is 6.52. The molecule has 8 heteroatoms. The maximum atomic E-state index is 10.2. The summed E-state index contributed by atoms with van der Waals surface area (Å²) < 4.78 is 0. The van der Waals surface area contributed by atoms with Crippen molar-refractivity contribution in [2.75, 3.05) is 5.12 Å². The van der Waals surface area contributed by atoms with E-state index in [4.69, 9.17) is 5.84 Å². The van der Waals surface area contributed by atoms with Crippen LogP contribution in [0.3, 0.4) is 0 Å². The first kappa shape index (κ1) is 9.86. The number of anilines is 1. The molecule has 0 aliphatic carbocycles. The van der Waals surface area contributed by atoms with Crippen molar-refractivity contribution in [1.29, 1.82) is 0 Å². The highest BCUT2D eigenvalue weighted by atomic mass is 16.7. The molecule has 0 amide bonds. The average molecular weight is 198 g/mol. The molecule has 0 bridgehead atoms. The van der Waals surface area contributed by atoms with Crippen molar-refractivity contribution < 1.29 is 9.96 Å². The third-order valence-electron chi connectivity index (χ3n) is 1.50. The number of hydrogen-bond acceptors (Lipinski definition) is 5. The zero-order chi connectivity index (χ0) is 10.7. The molecule has 0 fully saturated rings. The Morgan fingerprint density at radius 1 is 1.14 bits per heavy atom. The molecule has 0 aliphatic rings. The fourth-order valence-corrected chi connectivity index (χ4v) is 0.821. The predicted octanol–water partition coefficient (Wildman–Crippen LogP) is 0.467. The summed E-state index contributed by atoms with van der Waals surface area (Å²) >= 11 is 0. The summed E-state index contributed by atoms with van der Waals surface area (Å²) in [5.41, 5.74) is -0.0777. The van der Waals surface area contributed by atoms with Gasteiger partial charge in [0.1, 0.15) is 5.69 Å².